The third-order valence-electron chi connectivity index (χ3n) is 4.17. The van der Waals surface area contributed by atoms with Crippen LogP contribution in [0.1, 0.15) is 29.6 Å². The Labute approximate surface area is 141 Å². The van der Waals surface area contributed by atoms with Crippen LogP contribution in [0.3, 0.4) is 0 Å². The molecule has 0 amide bonds. The van der Waals surface area contributed by atoms with Gasteiger partial charge in [0.05, 0.1) is 6.42 Å². The molecule has 3 rings (SSSR count). The van der Waals surface area contributed by atoms with Gasteiger partial charge in [-0.25, -0.2) is 0 Å². The van der Waals surface area contributed by atoms with E-state index in [1.807, 2.05) is 30.3 Å². The molecule has 0 spiro atoms. The minimum absolute atomic E-state index is 0.0212. The van der Waals surface area contributed by atoms with Crippen LogP contribution in [0.4, 0.5) is 0 Å². The Kier molecular flexibility index (Phi) is 5.39. The lowest BCUT2D eigenvalue weighted by atomic mass is 9.91. The summed E-state index contributed by atoms with van der Waals surface area (Å²) in [7, 11) is 0. The normalized spacial score (nSPS) is 15.0. The van der Waals surface area contributed by atoms with Crippen molar-refractivity contribution in [1.29, 1.82) is 0 Å². The first-order valence-electron chi connectivity index (χ1n) is 8.19. The second-order valence-corrected chi connectivity index (χ2v) is 5.89. The van der Waals surface area contributed by atoms with Crippen molar-refractivity contribution >= 4 is 11.6 Å². The van der Waals surface area contributed by atoms with Crippen LogP contribution in [0, 0.1) is 5.92 Å². The zero-order valence-electron chi connectivity index (χ0n) is 13.4. The van der Waals surface area contributed by atoms with Crippen molar-refractivity contribution < 1.29 is 19.1 Å². The molecule has 0 aromatic heterocycles. The van der Waals surface area contributed by atoms with E-state index in [0.717, 1.165) is 18.6 Å². The van der Waals surface area contributed by atoms with Crippen LogP contribution in [0.5, 0.6) is 11.5 Å². The van der Waals surface area contributed by atoms with Gasteiger partial charge in [-0.05, 0) is 49.2 Å². The molecule has 1 aliphatic rings. The van der Waals surface area contributed by atoms with Gasteiger partial charge in [0.2, 0.25) is 0 Å². The molecule has 2 aromatic rings. The zero-order chi connectivity index (χ0) is 16.8. The Hall–Kier alpha value is -2.46. The summed E-state index contributed by atoms with van der Waals surface area (Å²) in [5, 5.41) is 0. The van der Waals surface area contributed by atoms with Crippen LogP contribution in [0.15, 0.2) is 54.6 Å². The number of hydrogen-bond acceptors (Lipinski definition) is 4. The molecule has 1 saturated heterocycles. The van der Waals surface area contributed by atoms with E-state index < -0.39 is 0 Å². The SMILES string of the molecule is O=C(CC(=O)C1CCOCC1)c1ccc(Oc2ccccc2)cc1. The number of para-hydroxylation sites is 1. The molecule has 24 heavy (non-hydrogen) atoms. The summed E-state index contributed by atoms with van der Waals surface area (Å²) in [6.45, 7) is 1.21. The van der Waals surface area contributed by atoms with Gasteiger partial charge in [-0.2, -0.15) is 0 Å². The molecular formula is C20H20O4. The number of ketones is 2. The third-order valence-corrected chi connectivity index (χ3v) is 4.17. The molecule has 0 atom stereocenters. The summed E-state index contributed by atoms with van der Waals surface area (Å²) in [4.78, 5) is 24.5. The fourth-order valence-electron chi connectivity index (χ4n) is 2.76. The molecule has 2 aromatic carbocycles. The molecule has 0 N–H and O–H groups in total. The lowest BCUT2D eigenvalue weighted by Gasteiger charge is -2.20. The standard InChI is InChI=1S/C20H20O4/c21-19(14-20(22)16-10-12-23-13-11-16)15-6-8-18(9-7-15)24-17-4-2-1-3-5-17/h1-9,16H,10-14H2. The number of Topliss-reactive ketones (excluding diaryl/α,β-unsaturated/α-hetero) is 2. The first-order valence-corrected chi connectivity index (χ1v) is 8.19. The monoisotopic (exact) mass is 324 g/mol. The highest BCUT2D eigenvalue weighted by atomic mass is 16.5. The van der Waals surface area contributed by atoms with Crippen molar-refractivity contribution in [1.82, 2.24) is 0 Å². The van der Waals surface area contributed by atoms with E-state index in [0.29, 0.717) is 24.5 Å². The van der Waals surface area contributed by atoms with E-state index >= 15 is 0 Å². The highest BCUT2D eigenvalue weighted by molar-refractivity contribution is 6.08. The molecule has 0 radical (unpaired) electrons. The maximum atomic E-state index is 12.3. The van der Waals surface area contributed by atoms with Crippen LogP contribution >= 0.6 is 0 Å². The summed E-state index contributed by atoms with van der Waals surface area (Å²) in [6, 6.07) is 16.4. The first kappa shape index (κ1) is 16.4. The van der Waals surface area contributed by atoms with Gasteiger partial charge in [-0.3, -0.25) is 9.59 Å². The minimum Gasteiger partial charge on any atom is -0.457 e. The van der Waals surface area contributed by atoms with Crippen molar-refractivity contribution in [3.63, 3.8) is 0 Å². The molecule has 0 aliphatic carbocycles. The topological polar surface area (TPSA) is 52.6 Å². The first-order chi connectivity index (χ1) is 11.7. The summed E-state index contributed by atoms with van der Waals surface area (Å²) in [5.74, 6) is 1.24. The van der Waals surface area contributed by atoms with Crippen molar-refractivity contribution in [2.24, 2.45) is 5.92 Å². The van der Waals surface area contributed by atoms with Gasteiger partial charge < -0.3 is 9.47 Å². The maximum absolute atomic E-state index is 12.3. The fraction of sp³-hybridized carbons (Fsp3) is 0.300. The van der Waals surface area contributed by atoms with Crippen LogP contribution in [-0.2, 0) is 9.53 Å². The minimum atomic E-state index is -0.141. The van der Waals surface area contributed by atoms with E-state index in [1.165, 1.54) is 0 Å². The second kappa shape index (κ2) is 7.88. The van der Waals surface area contributed by atoms with Crippen LogP contribution < -0.4 is 4.74 Å². The van der Waals surface area contributed by atoms with Gasteiger partial charge in [0.15, 0.2) is 5.78 Å². The number of ether oxygens (including phenoxy) is 2. The van der Waals surface area contributed by atoms with Crippen LogP contribution in [0.25, 0.3) is 0 Å². The van der Waals surface area contributed by atoms with Gasteiger partial charge in [-0.1, -0.05) is 18.2 Å². The molecular weight excluding hydrogens is 304 g/mol. The smallest absolute Gasteiger partial charge is 0.170 e. The second-order valence-electron chi connectivity index (χ2n) is 5.89. The Morgan fingerprint density at radius 3 is 2.21 bits per heavy atom. The molecule has 0 saturated carbocycles. The molecule has 124 valence electrons. The van der Waals surface area contributed by atoms with E-state index in [1.54, 1.807) is 24.3 Å². The summed E-state index contributed by atoms with van der Waals surface area (Å²) in [5.41, 5.74) is 0.538. The molecule has 1 aliphatic heterocycles. The summed E-state index contributed by atoms with van der Waals surface area (Å²) >= 11 is 0. The van der Waals surface area contributed by atoms with Crippen molar-refractivity contribution in [2.45, 2.75) is 19.3 Å². The Morgan fingerprint density at radius 2 is 1.54 bits per heavy atom. The number of benzene rings is 2. The van der Waals surface area contributed by atoms with Crippen molar-refractivity contribution in [2.75, 3.05) is 13.2 Å². The van der Waals surface area contributed by atoms with E-state index in [9.17, 15) is 9.59 Å². The predicted molar refractivity (Wildman–Crippen MR) is 90.5 cm³/mol. The quantitative estimate of drug-likeness (QED) is 0.594. The Balaban J connectivity index is 1.58. The highest BCUT2D eigenvalue weighted by Gasteiger charge is 2.23. The zero-order valence-corrected chi connectivity index (χ0v) is 13.4. The average Bonchev–Trinajstić information content (AvgIpc) is 2.64. The van der Waals surface area contributed by atoms with Crippen molar-refractivity contribution in [3.05, 3.63) is 60.2 Å². The Bertz CT molecular complexity index is 685. The number of hydrogen-bond donors (Lipinski definition) is 0. The van der Waals surface area contributed by atoms with E-state index in [-0.39, 0.29) is 23.9 Å². The predicted octanol–water partition coefficient (Wildman–Crippen LogP) is 4.05. The van der Waals surface area contributed by atoms with Gasteiger partial charge in [0.25, 0.3) is 0 Å². The van der Waals surface area contributed by atoms with E-state index in [4.69, 9.17) is 9.47 Å². The van der Waals surface area contributed by atoms with Crippen LogP contribution in [-0.4, -0.2) is 24.8 Å². The molecule has 4 heteroatoms. The summed E-state index contributed by atoms with van der Waals surface area (Å²) in [6.07, 6.45) is 1.40. The number of carbonyl (C=O) groups is 2. The van der Waals surface area contributed by atoms with Crippen molar-refractivity contribution in [3.8, 4) is 11.5 Å². The summed E-state index contributed by atoms with van der Waals surface area (Å²) < 4.78 is 10.9. The molecule has 1 heterocycles. The third kappa shape index (κ3) is 4.30. The van der Waals surface area contributed by atoms with Gasteiger partial charge in [0.1, 0.15) is 17.3 Å². The van der Waals surface area contributed by atoms with Crippen LogP contribution in [0.2, 0.25) is 0 Å². The van der Waals surface area contributed by atoms with Gasteiger partial charge >= 0.3 is 0 Å². The van der Waals surface area contributed by atoms with Gasteiger partial charge in [0, 0.05) is 24.7 Å². The average molecular weight is 324 g/mol. The molecule has 0 bridgehead atoms. The lowest BCUT2D eigenvalue weighted by Crippen LogP contribution is -2.25. The molecule has 0 unspecified atom stereocenters. The molecule has 1 fully saturated rings. The van der Waals surface area contributed by atoms with E-state index in [2.05, 4.69) is 0 Å². The maximum Gasteiger partial charge on any atom is 0.170 e. The largest absolute Gasteiger partial charge is 0.457 e. The fourth-order valence-corrected chi connectivity index (χ4v) is 2.76. The number of rotatable bonds is 6. The number of carbonyl (C=O) groups excluding carboxylic acids is 2. The molecule has 4 nitrogen and oxygen atoms in total. The highest BCUT2D eigenvalue weighted by Crippen LogP contribution is 2.22. The lowest BCUT2D eigenvalue weighted by molar-refractivity contribution is -0.124. The van der Waals surface area contributed by atoms with Gasteiger partial charge in [-0.15, -0.1) is 0 Å². The Morgan fingerprint density at radius 1 is 0.917 bits per heavy atom.